The first-order valence-electron chi connectivity index (χ1n) is 6.89. The highest BCUT2D eigenvalue weighted by Crippen LogP contribution is 2.32. The third-order valence-corrected chi connectivity index (χ3v) is 4.50. The molecule has 0 aliphatic rings. The Morgan fingerprint density at radius 3 is 2.58 bits per heavy atom. The maximum Gasteiger partial charge on any atom is 0.323 e. The molecule has 0 aliphatic carbocycles. The molecule has 5 nitrogen and oxygen atoms in total. The molecule has 8 heteroatoms. The molecule has 0 radical (unpaired) electrons. The number of phenolic OH excluding ortho intramolecular Hbond substituents is 1. The molecule has 0 saturated heterocycles. The zero-order valence-electron chi connectivity index (χ0n) is 12.3. The summed E-state index contributed by atoms with van der Waals surface area (Å²) < 4.78 is 0. The minimum Gasteiger partial charge on any atom is -0.506 e. The first-order valence-corrected chi connectivity index (χ1v) is 8.16. The van der Waals surface area contributed by atoms with Gasteiger partial charge >= 0.3 is 6.03 Å². The Kier molecular flexibility index (Phi) is 6.36. The van der Waals surface area contributed by atoms with Crippen molar-refractivity contribution in [2.75, 3.05) is 10.6 Å². The van der Waals surface area contributed by atoms with Crippen LogP contribution in [0.1, 0.15) is 17.2 Å². The molecule has 0 fully saturated rings. The van der Waals surface area contributed by atoms with E-state index in [9.17, 15) is 14.7 Å². The third kappa shape index (κ3) is 4.56. The lowest BCUT2D eigenvalue weighted by Crippen LogP contribution is -2.19. The number of nitrogens with one attached hydrogen (secondary N) is 2. The Morgan fingerprint density at radius 2 is 1.92 bits per heavy atom. The van der Waals surface area contributed by atoms with Gasteiger partial charge in [-0.25, -0.2) is 4.79 Å². The molecule has 2 rings (SSSR count). The summed E-state index contributed by atoms with van der Waals surface area (Å²) in [4.78, 5) is 22.5. The van der Waals surface area contributed by atoms with Gasteiger partial charge in [0.2, 0.25) is 0 Å². The average molecular weight is 385 g/mol. The van der Waals surface area contributed by atoms with Crippen LogP contribution in [0.2, 0.25) is 10.0 Å². The molecular formula is C16H14Cl2N2O3S. The van der Waals surface area contributed by atoms with Gasteiger partial charge in [0.25, 0.3) is 0 Å². The first kappa shape index (κ1) is 18.4. The van der Waals surface area contributed by atoms with Gasteiger partial charge in [-0.2, -0.15) is 12.6 Å². The molecule has 0 saturated carbocycles. The lowest BCUT2D eigenvalue weighted by atomic mass is 10.1. The summed E-state index contributed by atoms with van der Waals surface area (Å²) in [7, 11) is 0. The van der Waals surface area contributed by atoms with E-state index in [1.807, 2.05) is 0 Å². The second-order valence-electron chi connectivity index (χ2n) is 4.88. The number of hydrogen-bond donors (Lipinski definition) is 4. The van der Waals surface area contributed by atoms with Crippen LogP contribution in [-0.2, 0) is 4.79 Å². The van der Waals surface area contributed by atoms with Gasteiger partial charge in [0.05, 0.1) is 21.4 Å². The first-order chi connectivity index (χ1) is 11.4. The quantitative estimate of drug-likeness (QED) is 0.336. The number of hydrogen-bond acceptors (Lipinski definition) is 4. The summed E-state index contributed by atoms with van der Waals surface area (Å²) in [5, 5.41) is 15.3. The lowest BCUT2D eigenvalue weighted by molar-refractivity contribution is -0.107. The Labute approximate surface area is 154 Å². The monoisotopic (exact) mass is 384 g/mol. The second-order valence-corrected chi connectivity index (χ2v) is 6.28. The van der Waals surface area contributed by atoms with Crippen LogP contribution in [0, 0.1) is 0 Å². The number of carbonyl (C=O) groups excluding carboxylic acids is 2. The van der Waals surface area contributed by atoms with Crippen molar-refractivity contribution in [3.63, 3.8) is 0 Å². The molecule has 1 atom stereocenters. The molecule has 0 heterocycles. The second kappa shape index (κ2) is 8.28. The van der Waals surface area contributed by atoms with Crippen molar-refractivity contribution in [1.82, 2.24) is 0 Å². The highest BCUT2D eigenvalue weighted by molar-refractivity contribution is 7.80. The standard InChI is InChI=1S/C16H14Cl2N2O3S/c17-10-2-1-3-12(15(10)18)20-16(23)19-11-5-4-9(8-13(11)22)14(24)6-7-21/h1-5,7-8,14,22,24H,6H2,(H2,19,20,23). The van der Waals surface area contributed by atoms with E-state index in [0.717, 1.165) is 6.29 Å². The molecule has 0 aliphatic heterocycles. The van der Waals surface area contributed by atoms with E-state index in [1.54, 1.807) is 24.3 Å². The van der Waals surface area contributed by atoms with Gasteiger partial charge in [-0.1, -0.05) is 35.3 Å². The molecule has 2 amide bonds. The smallest absolute Gasteiger partial charge is 0.323 e. The summed E-state index contributed by atoms with van der Waals surface area (Å²) in [6, 6.07) is 8.91. The molecule has 0 aromatic heterocycles. The number of aromatic hydroxyl groups is 1. The third-order valence-electron chi connectivity index (χ3n) is 3.17. The van der Waals surface area contributed by atoms with E-state index in [0.29, 0.717) is 16.3 Å². The number of amides is 2. The van der Waals surface area contributed by atoms with E-state index in [4.69, 9.17) is 23.2 Å². The number of benzene rings is 2. The van der Waals surface area contributed by atoms with Crippen molar-refractivity contribution in [1.29, 1.82) is 0 Å². The summed E-state index contributed by atoms with van der Waals surface area (Å²) in [5.41, 5.74) is 1.23. The van der Waals surface area contributed by atoms with Crippen molar-refractivity contribution in [2.45, 2.75) is 11.7 Å². The molecule has 2 aromatic rings. The zero-order valence-corrected chi connectivity index (χ0v) is 14.7. The Morgan fingerprint density at radius 1 is 1.21 bits per heavy atom. The van der Waals surface area contributed by atoms with E-state index < -0.39 is 6.03 Å². The number of thiol groups is 1. The SMILES string of the molecule is O=CCC(S)c1ccc(NC(=O)Nc2cccc(Cl)c2Cl)c(O)c1. The number of aldehydes is 1. The highest BCUT2D eigenvalue weighted by atomic mass is 35.5. The van der Waals surface area contributed by atoms with Crippen molar-refractivity contribution in [3.8, 4) is 5.75 Å². The maximum atomic E-state index is 12.0. The summed E-state index contributed by atoms with van der Waals surface area (Å²) in [6.07, 6.45) is 0.978. The van der Waals surface area contributed by atoms with Crippen LogP contribution in [0.5, 0.6) is 5.75 Å². The Hall–Kier alpha value is -1.89. The van der Waals surface area contributed by atoms with Crippen molar-refractivity contribution in [3.05, 3.63) is 52.0 Å². The summed E-state index contributed by atoms with van der Waals surface area (Å²) >= 11 is 16.1. The van der Waals surface area contributed by atoms with Gasteiger partial charge in [-0.15, -0.1) is 0 Å². The van der Waals surface area contributed by atoms with Crippen LogP contribution in [0.25, 0.3) is 0 Å². The molecule has 0 bridgehead atoms. The molecule has 2 aromatic carbocycles. The Balaban J connectivity index is 2.09. The van der Waals surface area contributed by atoms with Crippen LogP contribution in [0.15, 0.2) is 36.4 Å². The molecule has 3 N–H and O–H groups in total. The average Bonchev–Trinajstić information content (AvgIpc) is 2.54. The van der Waals surface area contributed by atoms with Gasteiger partial charge in [-0.05, 0) is 29.8 Å². The molecule has 0 spiro atoms. The largest absolute Gasteiger partial charge is 0.506 e. The Bertz CT molecular complexity index is 771. The van der Waals surface area contributed by atoms with Crippen molar-refractivity contribution >= 4 is 59.5 Å². The van der Waals surface area contributed by atoms with E-state index in [1.165, 1.54) is 12.1 Å². The van der Waals surface area contributed by atoms with Gasteiger partial charge in [-0.3, -0.25) is 0 Å². The summed E-state index contributed by atoms with van der Waals surface area (Å²) in [5.74, 6) is -0.134. The molecule has 1 unspecified atom stereocenters. The highest BCUT2D eigenvalue weighted by Gasteiger charge is 2.12. The topological polar surface area (TPSA) is 78.4 Å². The van der Waals surface area contributed by atoms with E-state index in [2.05, 4.69) is 23.3 Å². The van der Waals surface area contributed by atoms with Crippen LogP contribution < -0.4 is 10.6 Å². The zero-order chi connectivity index (χ0) is 17.7. The number of phenols is 1. The lowest BCUT2D eigenvalue weighted by Gasteiger charge is -2.13. The predicted octanol–water partition coefficient (Wildman–Crippen LogP) is 4.90. The summed E-state index contributed by atoms with van der Waals surface area (Å²) in [6.45, 7) is 0. The molecule has 126 valence electrons. The number of halogens is 2. The van der Waals surface area contributed by atoms with Gasteiger partial charge in [0, 0.05) is 11.7 Å². The van der Waals surface area contributed by atoms with Crippen LogP contribution in [0.3, 0.4) is 0 Å². The number of rotatable bonds is 5. The van der Waals surface area contributed by atoms with Crippen LogP contribution >= 0.6 is 35.8 Å². The number of anilines is 2. The van der Waals surface area contributed by atoms with Gasteiger partial charge in [0.15, 0.2) is 0 Å². The minimum absolute atomic E-state index is 0.134. The fourth-order valence-electron chi connectivity index (χ4n) is 1.97. The van der Waals surface area contributed by atoms with Crippen molar-refractivity contribution in [2.24, 2.45) is 0 Å². The fourth-order valence-corrected chi connectivity index (χ4v) is 2.56. The normalized spacial score (nSPS) is 11.6. The van der Waals surface area contributed by atoms with E-state index >= 15 is 0 Å². The maximum absolute atomic E-state index is 12.0. The van der Waals surface area contributed by atoms with Gasteiger partial charge < -0.3 is 20.5 Å². The fraction of sp³-hybridized carbons (Fsp3) is 0.125. The van der Waals surface area contributed by atoms with Gasteiger partial charge in [0.1, 0.15) is 12.0 Å². The minimum atomic E-state index is -0.586. The van der Waals surface area contributed by atoms with Crippen molar-refractivity contribution < 1.29 is 14.7 Å². The molecule has 24 heavy (non-hydrogen) atoms. The number of carbonyl (C=O) groups is 2. The van der Waals surface area contributed by atoms with Crippen LogP contribution in [0.4, 0.5) is 16.2 Å². The molecular weight excluding hydrogens is 371 g/mol. The predicted molar refractivity (Wildman–Crippen MR) is 99.6 cm³/mol. The van der Waals surface area contributed by atoms with E-state index in [-0.39, 0.29) is 28.1 Å². The number of urea groups is 1. The van der Waals surface area contributed by atoms with Crippen LogP contribution in [-0.4, -0.2) is 17.4 Å².